The van der Waals surface area contributed by atoms with Gasteiger partial charge < -0.3 is 0 Å². The topological polar surface area (TPSA) is 0 Å². The fourth-order valence-electron chi connectivity index (χ4n) is 5.05. The first-order chi connectivity index (χ1) is 10.9. The maximum Gasteiger partial charge on any atom is -0.0386 e. The zero-order valence-electron chi connectivity index (χ0n) is 15.5. The van der Waals surface area contributed by atoms with E-state index in [-0.39, 0.29) is 0 Å². The van der Waals surface area contributed by atoms with E-state index in [9.17, 15) is 0 Å². The minimum atomic E-state index is 0.995. The summed E-state index contributed by atoms with van der Waals surface area (Å²) in [5, 5.41) is 0. The molecule has 0 aromatic heterocycles. The van der Waals surface area contributed by atoms with Crippen LogP contribution in [0.1, 0.15) is 122 Å². The highest BCUT2D eigenvalue weighted by Gasteiger charge is 2.22. The molecule has 0 radical (unpaired) electrons. The molecule has 2 atom stereocenters. The van der Waals surface area contributed by atoms with Crippen LogP contribution in [0.15, 0.2) is 0 Å². The average Bonchev–Trinajstić information content (AvgIpc) is 2.60. The molecule has 0 aliphatic heterocycles. The summed E-state index contributed by atoms with van der Waals surface area (Å²) in [6.07, 6.45) is 27.4. The van der Waals surface area contributed by atoms with E-state index in [0.717, 1.165) is 17.8 Å². The van der Waals surface area contributed by atoms with Gasteiger partial charge in [-0.15, -0.1) is 0 Å². The lowest BCUT2D eigenvalue weighted by atomic mass is 9.78. The second-order valence-electron chi connectivity index (χ2n) is 8.60. The molecule has 0 amide bonds. The zero-order valence-corrected chi connectivity index (χ0v) is 15.5. The first kappa shape index (κ1) is 18.3. The average molecular weight is 307 g/mol. The Morgan fingerprint density at radius 2 is 0.682 bits per heavy atom. The van der Waals surface area contributed by atoms with Gasteiger partial charge >= 0.3 is 0 Å². The van der Waals surface area contributed by atoms with Crippen LogP contribution in [0.5, 0.6) is 0 Å². The van der Waals surface area contributed by atoms with Crippen molar-refractivity contribution in [3.63, 3.8) is 0 Å². The molecule has 0 spiro atoms. The molecule has 2 fully saturated rings. The van der Waals surface area contributed by atoms with Gasteiger partial charge in [-0.25, -0.2) is 0 Å². The predicted octanol–water partition coefficient (Wildman–Crippen LogP) is 7.90. The van der Waals surface area contributed by atoms with E-state index >= 15 is 0 Å². The fraction of sp³-hybridized carbons (Fsp3) is 1.00. The van der Waals surface area contributed by atoms with Crippen LogP contribution in [0.4, 0.5) is 0 Å². The standard InChI is InChI=1S/C22H42/c1-20-14-11-12-18-22(19-13-15-20)21-16-9-7-5-3-2-4-6-8-10-17-21/h20-22H,2-19H2,1H3. The Hall–Kier alpha value is 0. The van der Waals surface area contributed by atoms with Crippen molar-refractivity contribution >= 4 is 0 Å². The van der Waals surface area contributed by atoms with E-state index in [1.54, 1.807) is 25.7 Å². The van der Waals surface area contributed by atoms with E-state index in [1.807, 2.05) is 0 Å². The Morgan fingerprint density at radius 3 is 1.23 bits per heavy atom. The first-order valence-electron chi connectivity index (χ1n) is 10.9. The van der Waals surface area contributed by atoms with Gasteiger partial charge in [0.15, 0.2) is 0 Å². The van der Waals surface area contributed by atoms with Crippen molar-refractivity contribution in [1.29, 1.82) is 0 Å². The van der Waals surface area contributed by atoms with Gasteiger partial charge in [0.2, 0.25) is 0 Å². The Bertz CT molecular complexity index is 245. The highest BCUT2D eigenvalue weighted by molar-refractivity contribution is 4.74. The van der Waals surface area contributed by atoms with E-state index < -0.39 is 0 Å². The van der Waals surface area contributed by atoms with Crippen LogP contribution in [0.2, 0.25) is 0 Å². The van der Waals surface area contributed by atoms with Crippen LogP contribution in [0, 0.1) is 17.8 Å². The lowest BCUT2D eigenvalue weighted by Gasteiger charge is -2.28. The van der Waals surface area contributed by atoms with Gasteiger partial charge in [0, 0.05) is 0 Å². The van der Waals surface area contributed by atoms with Crippen molar-refractivity contribution in [3.05, 3.63) is 0 Å². The third-order valence-corrected chi connectivity index (χ3v) is 6.61. The quantitative estimate of drug-likeness (QED) is 0.461. The Morgan fingerprint density at radius 1 is 0.364 bits per heavy atom. The summed E-state index contributed by atoms with van der Waals surface area (Å²) >= 11 is 0. The van der Waals surface area contributed by atoms with Gasteiger partial charge in [0.05, 0.1) is 0 Å². The van der Waals surface area contributed by atoms with Crippen molar-refractivity contribution in [2.45, 2.75) is 122 Å². The minimum absolute atomic E-state index is 0.995. The molecule has 2 aliphatic carbocycles. The fourth-order valence-corrected chi connectivity index (χ4v) is 5.05. The van der Waals surface area contributed by atoms with Crippen molar-refractivity contribution in [2.24, 2.45) is 17.8 Å². The van der Waals surface area contributed by atoms with Gasteiger partial charge in [0.25, 0.3) is 0 Å². The van der Waals surface area contributed by atoms with Crippen LogP contribution in [-0.4, -0.2) is 0 Å². The summed E-state index contributed by atoms with van der Waals surface area (Å²) in [5.41, 5.74) is 0. The summed E-state index contributed by atoms with van der Waals surface area (Å²) in [5.74, 6) is 3.15. The van der Waals surface area contributed by atoms with Crippen LogP contribution < -0.4 is 0 Å². The summed E-state index contributed by atoms with van der Waals surface area (Å²) in [4.78, 5) is 0. The van der Waals surface area contributed by atoms with E-state index in [4.69, 9.17) is 0 Å². The van der Waals surface area contributed by atoms with Gasteiger partial charge in [-0.05, 0) is 17.8 Å². The lowest BCUT2D eigenvalue weighted by Crippen LogP contribution is -2.16. The van der Waals surface area contributed by atoms with Gasteiger partial charge in [-0.2, -0.15) is 0 Å². The summed E-state index contributed by atoms with van der Waals surface area (Å²) < 4.78 is 0. The molecular weight excluding hydrogens is 264 g/mol. The van der Waals surface area contributed by atoms with E-state index in [2.05, 4.69) is 6.92 Å². The number of rotatable bonds is 1. The normalized spacial score (nSPS) is 32.0. The maximum absolute atomic E-state index is 2.48. The molecule has 22 heavy (non-hydrogen) atoms. The SMILES string of the molecule is CC1CCCCC(C2CCCCCCCCCCC2)CCC1. The van der Waals surface area contributed by atoms with Crippen molar-refractivity contribution in [3.8, 4) is 0 Å². The number of hydrogen-bond donors (Lipinski definition) is 0. The largest absolute Gasteiger partial charge is 0.0625 e. The molecule has 0 saturated heterocycles. The monoisotopic (exact) mass is 306 g/mol. The molecule has 2 saturated carbocycles. The Balaban J connectivity index is 1.83. The molecule has 2 rings (SSSR count). The Labute approximate surface area is 140 Å². The second kappa shape index (κ2) is 11.5. The molecule has 0 nitrogen and oxygen atoms in total. The van der Waals surface area contributed by atoms with Crippen molar-refractivity contribution in [1.82, 2.24) is 0 Å². The van der Waals surface area contributed by atoms with E-state index in [1.165, 1.54) is 89.9 Å². The van der Waals surface area contributed by atoms with Crippen LogP contribution >= 0.6 is 0 Å². The molecule has 0 bridgehead atoms. The highest BCUT2D eigenvalue weighted by Crippen LogP contribution is 2.35. The molecule has 2 unspecified atom stereocenters. The molecular formula is C22H42. The number of hydrogen-bond acceptors (Lipinski definition) is 0. The van der Waals surface area contributed by atoms with Crippen molar-refractivity contribution in [2.75, 3.05) is 0 Å². The maximum atomic E-state index is 2.48. The highest BCUT2D eigenvalue weighted by atomic mass is 14.3. The summed E-state index contributed by atoms with van der Waals surface area (Å²) in [6.45, 7) is 2.48. The van der Waals surface area contributed by atoms with Crippen LogP contribution in [0.3, 0.4) is 0 Å². The van der Waals surface area contributed by atoms with E-state index in [0.29, 0.717) is 0 Å². The van der Waals surface area contributed by atoms with Crippen molar-refractivity contribution < 1.29 is 0 Å². The minimum Gasteiger partial charge on any atom is -0.0625 e. The van der Waals surface area contributed by atoms with Gasteiger partial charge in [-0.3, -0.25) is 0 Å². The predicted molar refractivity (Wildman–Crippen MR) is 99.3 cm³/mol. The molecule has 130 valence electrons. The zero-order chi connectivity index (χ0) is 15.5. The third-order valence-electron chi connectivity index (χ3n) is 6.61. The van der Waals surface area contributed by atoms with Gasteiger partial charge in [-0.1, -0.05) is 122 Å². The summed E-state index contributed by atoms with van der Waals surface area (Å²) in [6, 6.07) is 0. The molecule has 0 N–H and O–H groups in total. The van der Waals surface area contributed by atoms with Crippen LogP contribution in [-0.2, 0) is 0 Å². The third kappa shape index (κ3) is 7.51. The molecule has 0 aromatic rings. The van der Waals surface area contributed by atoms with Crippen LogP contribution in [0.25, 0.3) is 0 Å². The lowest BCUT2D eigenvalue weighted by molar-refractivity contribution is 0.239. The van der Waals surface area contributed by atoms with Gasteiger partial charge in [0.1, 0.15) is 0 Å². The summed E-state index contributed by atoms with van der Waals surface area (Å²) in [7, 11) is 0. The smallest absolute Gasteiger partial charge is 0.0386 e. The molecule has 0 heterocycles. The first-order valence-corrected chi connectivity index (χ1v) is 10.9. The molecule has 0 aromatic carbocycles. The Kier molecular flexibility index (Phi) is 9.61. The second-order valence-corrected chi connectivity index (χ2v) is 8.60. The molecule has 0 heteroatoms. The molecule has 2 aliphatic rings.